The van der Waals surface area contributed by atoms with E-state index in [1.807, 2.05) is 11.3 Å². The zero-order valence-electron chi connectivity index (χ0n) is 9.57. The van der Waals surface area contributed by atoms with Gasteiger partial charge in [-0.05, 0) is 24.7 Å². The zero-order chi connectivity index (χ0) is 10.8. The number of thiazole rings is 1. The monoisotopic (exact) mass is 224 g/mol. The fourth-order valence-corrected chi connectivity index (χ4v) is 2.87. The molecular weight excluding hydrogens is 204 g/mol. The maximum Gasteiger partial charge on any atom is 0.0931 e. The molecule has 1 aliphatic rings. The van der Waals surface area contributed by atoms with Crippen LogP contribution >= 0.6 is 11.3 Å². The van der Waals surface area contributed by atoms with E-state index in [1.54, 1.807) is 0 Å². The van der Waals surface area contributed by atoms with E-state index in [4.69, 9.17) is 10.7 Å². The van der Waals surface area contributed by atoms with Crippen LogP contribution in [0.2, 0.25) is 0 Å². The molecule has 0 aromatic carbocycles. The Kier molecular flexibility index (Phi) is 3.42. The van der Waals surface area contributed by atoms with Crippen LogP contribution in [0.25, 0.3) is 0 Å². The second-order valence-electron chi connectivity index (χ2n) is 4.90. The van der Waals surface area contributed by atoms with Crippen molar-refractivity contribution in [3.63, 3.8) is 0 Å². The van der Waals surface area contributed by atoms with Crippen molar-refractivity contribution in [2.45, 2.75) is 39.0 Å². The molecular formula is C12H20N2S. The van der Waals surface area contributed by atoms with Crippen LogP contribution in [0.4, 0.5) is 0 Å². The van der Waals surface area contributed by atoms with Gasteiger partial charge in [0.25, 0.3) is 0 Å². The van der Waals surface area contributed by atoms with Crippen LogP contribution < -0.4 is 5.73 Å². The van der Waals surface area contributed by atoms with Gasteiger partial charge in [0.15, 0.2) is 0 Å². The lowest BCUT2D eigenvalue weighted by Crippen LogP contribution is -2.18. The number of hydrogen-bond donors (Lipinski definition) is 1. The zero-order valence-corrected chi connectivity index (χ0v) is 10.4. The Morgan fingerprint density at radius 2 is 2.27 bits per heavy atom. The molecule has 1 aromatic heterocycles. The average molecular weight is 224 g/mol. The summed E-state index contributed by atoms with van der Waals surface area (Å²) >= 11 is 1.81. The van der Waals surface area contributed by atoms with Gasteiger partial charge in [-0.15, -0.1) is 11.3 Å². The van der Waals surface area contributed by atoms with Gasteiger partial charge < -0.3 is 5.73 Å². The number of nitrogens with zero attached hydrogens (tertiary/aromatic N) is 1. The molecule has 2 nitrogen and oxygen atoms in total. The minimum Gasteiger partial charge on any atom is -0.330 e. The van der Waals surface area contributed by atoms with E-state index >= 15 is 0 Å². The second kappa shape index (κ2) is 4.62. The normalized spacial score (nSPS) is 18.4. The van der Waals surface area contributed by atoms with Gasteiger partial charge in [-0.25, -0.2) is 4.98 Å². The summed E-state index contributed by atoms with van der Waals surface area (Å²) in [5.41, 5.74) is 7.01. The largest absolute Gasteiger partial charge is 0.330 e. The van der Waals surface area contributed by atoms with Gasteiger partial charge in [-0.3, -0.25) is 0 Å². The first kappa shape index (κ1) is 11.1. The van der Waals surface area contributed by atoms with Gasteiger partial charge in [0.2, 0.25) is 0 Å². The summed E-state index contributed by atoms with van der Waals surface area (Å²) in [7, 11) is 0. The molecule has 1 aliphatic carbocycles. The number of aromatic nitrogens is 1. The summed E-state index contributed by atoms with van der Waals surface area (Å²) in [5.74, 6) is 1.96. The lowest BCUT2D eigenvalue weighted by molar-refractivity contribution is 0.496. The van der Waals surface area contributed by atoms with E-state index < -0.39 is 0 Å². The first-order chi connectivity index (χ1) is 7.20. The van der Waals surface area contributed by atoms with E-state index in [9.17, 15) is 0 Å². The minimum atomic E-state index is 0.439. The van der Waals surface area contributed by atoms with E-state index in [1.165, 1.54) is 30.0 Å². The molecule has 1 aromatic rings. The minimum absolute atomic E-state index is 0.439. The third-order valence-corrected chi connectivity index (χ3v) is 4.06. The van der Waals surface area contributed by atoms with Crippen LogP contribution in [0.15, 0.2) is 5.38 Å². The second-order valence-corrected chi connectivity index (χ2v) is 5.84. The molecule has 1 unspecified atom stereocenters. The predicted molar refractivity (Wildman–Crippen MR) is 65.2 cm³/mol. The SMILES string of the molecule is CC(C)C(CN)c1csc(CC2CC2)n1. The Labute approximate surface area is 95.9 Å². The predicted octanol–water partition coefficient (Wildman–Crippen LogP) is 2.79. The molecule has 0 radical (unpaired) electrons. The highest BCUT2D eigenvalue weighted by Crippen LogP contribution is 2.34. The van der Waals surface area contributed by atoms with Gasteiger partial charge in [0.05, 0.1) is 10.7 Å². The lowest BCUT2D eigenvalue weighted by Gasteiger charge is -2.15. The van der Waals surface area contributed by atoms with E-state index in [2.05, 4.69) is 19.2 Å². The Bertz CT molecular complexity index is 315. The average Bonchev–Trinajstić information content (AvgIpc) is 2.86. The van der Waals surface area contributed by atoms with Crippen LogP contribution in [0, 0.1) is 11.8 Å². The van der Waals surface area contributed by atoms with Gasteiger partial charge in [0, 0.05) is 24.3 Å². The third kappa shape index (κ3) is 2.79. The summed E-state index contributed by atoms with van der Waals surface area (Å²) in [6, 6.07) is 0. The Hall–Kier alpha value is -0.410. The Morgan fingerprint density at radius 1 is 1.53 bits per heavy atom. The van der Waals surface area contributed by atoms with Crippen molar-refractivity contribution in [2.24, 2.45) is 17.6 Å². The van der Waals surface area contributed by atoms with Crippen molar-refractivity contribution in [1.82, 2.24) is 4.98 Å². The quantitative estimate of drug-likeness (QED) is 0.835. The van der Waals surface area contributed by atoms with Gasteiger partial charge >= 0.3 is 0 Å². The van der Waals surface area contributed by atoms with E-state index in [0.29, 0.717) is 18.4 Å². The first-order valence-electron chi connectivity index (χ1n) is 5.85. The molecule has 0 bridgehead atoms. The molecule has 2 rings (SSSR count). The number of rotatable bonds is 5. The topological polar surface area (TPSA) is 38.9 Å². The van der Waals surface area contributed by atoms with Gasteiger partial charge in [-0.1, -0.05) is 13.8 Å². The molecule has 84 valence electrons. The molecule has 0 spiro atoms. The lowest BCUT2D eigenvalue weighted by atomic mass is 9.93. The van der Waals surface area contributed by atoms with Crippen molar-refractivity contribution in [3.8, 4) is 0 Å². The Balaban J connectivity index is 2.03. The maximum absolute atomic E-state index is 5.79. The summed E-state index contributed by atoms with van der Waals surface area (Å²) in [4.78, 5) is 4.72. The van der Waals surface area contributed by atoms with Crippen LogP contribution in [0.3, 0.4) is 0 Å². The maximum atomic E-state index is 5.79. The molecule has 1 fully saturated rings. The molecule has 3 heteroatoms. The fourth-order valence-electron chi connectivity index (χ4n) is 1.89. The molecule has 0 saturated heterocycles. The van der Waals surface area contributed by atoms with Gasteiger partial charge in [0.1, 0.15) is 0 Å². The van der Waals surface area contributed by atoms with E-state index in [0.717, 1.165) is 5.92 Å². The number of hydrogen-bond acceptors (Lipinski definition) is 3. The van der Waals surface area contributed by atoms with Crippen LogP contribution in [-0.4, -0.2) is 11.5 Å². The Morgan fingerprint density at radius 3 is 2.80 bits per heavy atom. The molecule has 1 atom stereocenters. The molecule has 2 N–H and O–H groups in total. The van der Waals surface area contributed by atoms with Crippen molar-refractivity contribution in [1.29, 1.82) is 0 Å². The summed E-state index contributed by atoms with van der Waals surface area (Å²) in [5, 5.41) is 3.52. The fraction of sp³-hybridized carbons (Fsp3) is 0.750. The van der Waals surface area contributed by atoms with Crippen LogP contribution in [0.5, 0.6) is 0 Å². The highest BCUT2D eigenvalue weighted by atomic mass is 32.1. The van der Waals surface area contributed by atoms with Crippen molar-refractivity contribution in [2.75, 3.05) is 6.54 Å². The standard InChI is InChI=1S/C12H20N2S/c1-8(2)10(6-13)11-7-15-12(14-11)5-9-3-4-9/h7-10H,3-6,13H2,1-2H3. The first-order valence-corrected chi connectivity index (χ1v) is 6.73. The molecule has 15 heavy (non-hydrogen) atoms. The van der Waals surface area contributed by atoms with Crippen molar-refractivity contribution >= 4 is 11.3 Å². The van der Waals surface area contributed by atoms with Gasteiger partial charge in [-0.2, -0.15) is 0 Å². The summed E-state index contributed by atoms with van der Waals surface area (Å²) in [6.45, 7) is 5.15. The molecule has 0 amide bonds. The molecule has 0 aliphatic heterocycles. The van der Waals surface area contributed by atoms with E-state index in [-0.39, 0.29) is 0 Å². The van der Waals surface area contributed by atoms with Crippen LogP contribution in [-0.2, 0) is 6.42 Å². The smallest absolute Gasteiger partial charge is 0.0931 e. The van der Waals surface area contributed by atoms with Crippen molar-refractivity contribution < 1.29 is 0 Å². The summed E-state index contributed by atoms with van der Waals surface area (Å²) in [6.07, 6.45) is 4.00. The summed E-state index contributed by atoms with van der Waals surface area (Å²) < 4.78 is 0. The van der Waals surface area contributed by atoms with Crippen molar-refractivity contribution in [3.05, 3.63) is 16.1 Å². The molecule has 1 heterocycles. The molecule has 1 saturated carbocycles. The van der Waals surface area contributed by atoms with Crippen LogP contribution in [0.1, 0.15) is 43.3 Å². The number of nitrogens with two attached hydrogens (primary N) is 1. The highest BCUT2D eigenvalue weighted by molar-refractivity contribution is 7.09. The third-order valence-electron chi connectivity index (χ3n) is 3.17. The highest BCUT2D eigenvalue weighted by Gasteiger charge is 2.24.